The van der Waals surface area contributed by atoms with E-state index in [2.05, 4.69) is 39.5 Å². The maximum atomic E-state index is 5.73. The standard InChI is InChI=1S/C14H25N5O2/c1-4-5-15-13-12(20-3)14(18-10-17-13)16-8-11-9-19(2)6-7-21-11/h10-11H,4-9H2,1-3H3,(H2,15,16,17,18). The lowest BCUT2D eigenvalue weighted by Gasteiger charge is -2.30. The van der Waals surface area contributed by atoms with E-state index in [0.717, 1.165) is 38.5 Å². The summed E-state index contributed by atoms with van der Waals surface area (Å²) in [4.78, 5) is 10.8. The number of aromatic nitrogens is 2. The summed E-state index contributed by atoms with van der Waals surface area (Å²) in [5.41, 5.74) is 0. The van der Waals surface area contributed by atoms with Gasteiger partial charge in [0.2, 0.25) is 5.75 Å². The molecule has 0 bridgehead atoms. The molecule has 1 aliphatic heterocycles. The fourth-order valence-corrected chi connectivity index (χ4v) is 2.26. The molecule has 21 heavy (non-hydrogen) atoms. The second-order valence-electron chi connectivity index (χ2n) is 5.17. The number of methoxy groups -OCH3 is 1. The van der Waals surface area contributed by atoms with Gasteiger partial charge in [-0.15, -0.1) is 0 Å². The lowest BCUT2D eigenvalue weighted by atomic mass is 10.3. The summed E-state index contributed by atoms with van der Waals surface area (Å²) in [6.45, 7) is 6.33. The van der Waals surface area contributed by atoms with E-state index in [1.165, 1.54) is 6.33 Å². The summed E-state index contributed by atoms with van der Waals surface area (Å²) >= 11 is 0. The van der Waals surface area contributed by atoms with E-state index in [1.807, 2.05) is 0 Å². The number of ether oxygens (including phenoxy) is 2. The van der Waals surface area contributed by atoms with Crippen LogP contribution in [0.2, 0.25) is 0 Å². The minimum atomic E-state index is 0.162. The Morgan fingerprint density at radius 2 is 2.14 bits per heavy atom. The highest BCUT2D eigenvalue weighted by molar-refractivity contribution is 5.63. The molecule has 1 saturated heterocycles. The molecule has 1 unspecified atom stereocenters. The number of anilines is 2. The summed E-state index contributed by atoms with van der Waals surface area (Å²) < 4.78 is 11.2. The largest absolute Gasteiger partial charge is 0.490 e. The number of hydrogen-bond acceptors (Lipinski definition) is 7. The first-order chi connectivity index (χ1) is 10.2. The molecular formula is C14H25N5O2. The number of hydrogen-bond donors (Lipinski definition) is 2. The van der Waals surface area contributed by atoms with Gasteiger partial charge in [0.05, 0.1) is 19.8 Å². The minimum Gasteiger partial charge on any atom is -0.490 e. The van der Waals surface area contributed by atoms with Crippen molar-refractivity contribution >= 4 is 11.6 Å². The van der Waals surface area contributed by atoms with Crippen LogP contribution in [0.1, 0.15) is 13.3 Å². The predicted molar refractivity (Wildman–Crippen MR) is 83.1 cm³/mol. The predicted octanol–water partition coefficient (Wildman–Crippen LogP) is 1.05. The van der Waals surface area contributed by atoms with E-state index in [0.29, 0.717) is 18.1 Å². The summed E-state index contributed by atoms with van der Waals surface area (Å²) in [7, 11) is 3.74. The second kappa shape index (κ2) is 7.99. The quantitative estimate of drug-likeness (QED) is 0.779. The van der Waals surface area contributed by atoms with E-state index in [1.54, 1.807) is 7.11 Å². The monoisotopic (exact) mass is 295 g/mol. The number of rotatable bonds is 7. The fraction of sp³-hybridized carbons (Fsp3) is 0.714. The molecule has 1 aromatic rings. The molecule has 1 aromatic heterocycles. The number of nitrogens with one attached hydrogen (secondary N) is 2. The molecule has 0 amide bonds. The van der Waals surface area contributed by atoms with E-state index in [-0.39, 0.29) is 6.10 Å². The van der Waals surface area contributed by atoms with Gasteiger partial charge < -0.3 is 25.0 Å². The molecule has 0 radical (unpaired) electrons. The maximum Gasteiger partial charge on any atom is 0.204 e. The van der Waals surface area contributed by atoms with E-state index in [4.69, 9.17) is 9.47 Å². The lowest BCUT2D eigenvalue weighted by molar-refractivity contribution is -0.0117. The van der Waals surface area contributed by atoms with Crippen LogP contribution in [0.5, 0.6) is 5.75 Å². The van der Waals surface area contributed by atoms with Crippen molar-refractivity contribution in [3.8, 4) is 5.75 Å². The summed E-state index contributed by atoms with van der Waals surface area (Å²) in [5.74, 6) is 2.07. The normalized spacial score (nSPS) is 19.3. The number of morpholine rings is 1. The third-order valence-electron chi connectivity index (χ3n) is 3.39. The summed E-state index contributed by atoms with van der Waals surface area (Å²) in [6, 6.07) is 0. The molecule has 7 heteroatoms. The molecule has 0 spiro atoms. The Labute approximate surface area is 126 Å². The van der Waals surface area contributed by atoms with Crippen LogP contribution in [-0.2, 0) is 4.74 Å². The van der Waals surface area contributed by atoms with Crippen LogP contribution in [0.15, 0.2) is 6.33 Å². The second-order valence-corrected chi connectivity index (χ2v) is 5.17. The van der Waals surface area contributed by atoms with Gasteiger partial charge >= 0.3 is 0 Å². The molecular weight excluding hydrogens is 270 g/mol. The number of nitrogens with zero attached hydrogens (tertiary/aromatic N) is 3. The van der Waals surface area contributed by atoms with Gasteiger partial charge in [-0.2, -0.15) is 0 Å². The Bertz CT molecular complexity index is 443. The minimum absolute atomic E-state index is 0.162. The first-order valence-corrected chi connectivity index (χ1v) is 7.41. The van der Waals surface area contributed by atoms with Gasteiger partial charge in [0, 0.05) is 26.2 Å². The van der Waals surface area contributed by atoms with E-state index in [9.17, 15) is 0 Å². The third kappa shape index (κ3) is 4.44. The molecule has 2 heterocycles. The Kier molecular flexibility index (Phi) is 6.01. The van der Waals surface area contributed by atoms with E-state index < -0.39 is 0 Å². The fourth-order valence-electron chi connectivity index (χ4n) is 2.26. The molecule has 1 aliphatic rings. The smallest absolute Gasteiger partial charge is 0.204 e. The van der Waals surface area contributed by atoms with Crippen LogP contribution in [0.4, 0.5) is 11.6 Å². The molecule has 118 valence electrons. The molecule has 1 fully saturated rings. The molecule has 0 aromatic carbocycles. The zero-order valence-corrected chi connectivity index (χ0v) is 13.1. The van der Waals surface area contributed by atoms with Gasteiger partial charge in [-0.3, -0.25) is 0 Å². The molecule has 2 N–H and O–H groups in total. The highest BCUT2D eigenvalue weighted by Gasteiger charge is 2.19. The van der Waals surface area contributed by atoms with Crippen molar-refractivity contribution in [2.45, 2.75) is 19.4 Å². The van der Waals surface area contributed by atoms with Crippen molar-refractivity contribution in [3.63, 3.8) is 0 Å². The van der Waals surface area contributed by atoms with Crippen LogP contribution in [0, 0.1) is 0 Å². The van der Waals surface area contributed by atoms with Gasteiger partial charge in [0.1, 0.15) is 6.33 Å². The van der Waals surface area contributed by atoms with Crippen LogP contribution >= 0.6 is 0 Å². The summed E-state index contributed by atoms with van der Waals surface area (Å²) in [5, 5.41) is 6.55. The average molecular weight is 295 g/mol. The van der Waals surface area contributed by atoms with Gasteiger partial charge in [-0.05, 0) is 13.5 Å². The Balaban J connectivity index is 1.98. The van der Waals surface area contributed by atoms with E-state index >= 15 is 0 Å². The van der Waals surface area contributed by atoms with Gasteiger partial charge in [-0.25, -0.2) is 9.97 Å². The van der Waals surface area contributed by atoms with Crippen LogP contribution in [0.25, 0.3) is 0 Å². The average Bonchev–Trinajstić information content (AvgIpc) is 2.50. The first kappa shape index (κ1) is 15.8. The van der Waals surface area contributed by atoms with Gasteiger partial charge in [-0.1, -0.05) is 6.92 Å². The van der Waals surface area contributed by atoms with Crippen molar-refractivity contribution in [2.75, 3.05) is 57.6 Å². The molecule has 7 nitrogen and oxygen atoms in total. The maximum absolute atomic E-state index is 5.73. The van der Waals surface area contributed by atoms with Crippen LogP contribution < -0.4 is 15.4 Å². The van der Waals surface area contributed by atoms with Crippen molar-refractivity contribution < 1.29 is 9.47 Å². The van der Waals surface area contributed by atoms with Crippen molar-refractivity contribution in [1.82, 2.24) is 14.9 Å². The Hall–Kier alpha value is -1.60. The third-order valence-corrected chi connectivity index (χ3v) is 3.39. The van der Waals surface area contributed by atoms with Crippen molar-refractivity contribution in [1.29, 1.82) is 0 Å². The Morgan fingerprint density at radius 1 is 1.38 bits per heavy atom. The lowest BCUT2D eigenvalue weighted by Crippen LogP contribution is -2.43. The van der Waals surface area contributed by atoms with Crippen molar-refractivity contribution in [3.05, 3.63) is 6.33 Å². The molecule has 1 atom stereocenters. The van der Waals surface area contributed by atoms with Gasteiger partial charge in [0.25, 0.3) is 0 Å². The highest BCUT2D eigenvalue weighted by Crippen LogP contribution is 2.28. The van der Waals surface area contributed by atoms with Crippen LogP contribution in [-0.4, -0.2) is 67.9 Å². The molecule has 0 aliphatic carbocycles. The number of likely N-dealkylation sites (N-methyl/N-ethyl adjacent to an activating group) is 1. The highest BCUT2D eigenvalue weighted by atomic mass is 16.5. The summed E-state index contributed by atoms with van der Waals surface area (Å²) in [6.07, 6.45) is 2.73. The molecule has 2 rings (SSSR count). The van der Waals surface area contributed by atoms with Crippen molar-refractivity contribution in [2.24, 2.45) is 0 Å². The topological polar surface area (TPSA) is 71.5 Å². The first-order valence-electron chi connectivity index (χ1n) is 7.41. The van der Waals surface area contributed by atoms with Crippen LogP contribution in [0.3, 0.4) is 0 Å². The Morgan fingerprint density at radius 3 is 2.81 bits per heavy atom. The molecule has 0 saturated carbocycles. The SMILES string of the molecule is CCCNc1ncnc(NCC2CN(C)CCO2)c1OC. The zero-order valence-electron chi connectivity index (χ0n) is 13.1. The van der Waals surface area contributed by atoms with Gasteiger partial charge in [0.15, 0.2) is 11.6 Å². The zero-order chi connectivity index (χ0) is 15.1.